The van der Waals surface area contributed by atoms with Crippen LogP contribution in [0.25, 0.3) is 6.08 Å². The Kier molecular flexibility index (Phi) is 3.48. The molecule has 0 amide bonds. The Bertz CT molecular complexity index is 369. The van der Waals surface area contributed by atoms with Crippen molar-refractivity contribution in [3.63, 3.8) is 0 Å². The van der Waals surface area contributed by atoms with Gasteiger partial charge in [-0.1, -0.05) is 32.6 Å². The summed E-state index contributed by atoms with van der Waals surface area (Å²) in [6, 6.07) is 8.07. The van der Waals surface area contributed by atoms with Crippen LogP contribution in [0.5, 0.6) is 0 Å². The second kappa shape index (κ2) is 4.62. The fraction of sp³-hybridized carbons (Fsp3) is 0.308. The van der Waals surface area contributed by atoms with Gasteiger partial charge in [0.15, 0.2) is 0 Å². The molecule has 14 heavy (non-hydrogen) atoms. The summed E-state index contributed by atoms with van der Waals surface area (Å²) >= 11 is 0. The average molecular weight is 185 g/mol. The van der Waals surface area contributed by atoms with Crippen molar-refractivity contribution in [3.05, 3.63) is 41.5 Å². The summed E-state index contributed by atoms with van der Waals surface area (Å²) in [6.07, 6.45) is 2.79. The molecule has 1 aromatic carbocycles. The van der Waals surface area contributed by atoms with E-state index < -0.39 is 0 Å². The van der Waals surface area contributed by atoms with Crippen LogP contribution in [0, 0.1) is 17.2 Å². The first-order valence-electron chi connectivity index (χ1n) is 4.82. The molecule has 0 unspecified atom stereocenters. The maximum atomic E-state index is 8.83. The Labute approximate surface area is 85.7 Å². The van der Waals surface area contributed by atoms with Gasteiger partial charge >= 0.3 is 0 Å². The lowest BCUT2D eigenvalue weighted by molar-refractivity contribution is 0.647. The Morgan fingerprint density at radius 2 is 2.14 bits per heavy atom. The predicted molar refractivity (Wildman–Crippen MR) is 59.8 cm³/mol. The van der Waals surface area contributed by atoms with Crippen molar-refractivity contribution in [2.75, 3.05) is 0 Å². The van der Waals surface area contributed by atoms with Crippen LogP contribution < -0.4 is 0 Å². The van der Waals surface area contributed by atoms with Crippen molar-refractivity contribution >= 4 is 6.08 Å². The van der Waals surface area contributed by atoms with Crippen molar-refractivity contribution in [1.82, 2.24) is 0 Å². The van der Waals surface area contributed by atoms with Crippen LogP contribution in [0.1, 0.15) is 30.5 Å². The minimum atomic E-state index is 0.613. The molecule has 0 radical (unpaired) electrons. The standard InChI is InChI=1S/C13H15N/c1-4-11-6-12(5-10(2)3)8-13(7-11)9-14/h4,6-8,10H,1,5H2,2-3H3. The first-order valence-corrected chi connectivity index (χ1v) is 4.82. The van der Waals surface area contributed by atoms with E-state index in [1.807, 2.05) is 12.1 Å². The van der Waals surface area contributed by atoms with Gasteiger partial charge in [0.1, 0.15) is 0 Å². The Morgan fingerprint density at radius 1 is 1.43 bits per heavy atom. The summed E-state index contributed by atoms with van der Waals surface area (Å²) in [5, 5.41) is 8.83. The van der Waals surface area contributed by atoms with Crippen LogP contribution in [0.15, 0.2) is 24.8 Å². The molecular weight excluding hydrogens is 170 g/mol. The third-order valence-corrected chi connectivity index (χ3v) is 2.02. The first kappa shape index (κ1) is 10.5. The SMILES string of the molecule is C=Cc1cc(C#N)cc(CC(C)C)c1. The van der Waals surface area contributed by atoms with Gasteiger partial charge in [-0.2, -0.15) is 5.26 Å². The molecule has 1 rings (SSSR count). The van der Waals surface area contributed by atoms with Gasteiger partial charge in [-0.05, 0) is 35.6 Å². The highest BCUT2D eigenvalue weighted by Gasteiger charge is 2.01. The van der Waals surface area contributed by atoms with Gasteiger partial charge in [0.25, 0.3) is 0 Å². The van der Waals surface area contributed by atoms with Crippen molar-refractivity contribution in [1.29, 1.82) is 5.26 Å². The lowest BCUT2D eigenvalue weighted by atomic mass is 9.99. The van der Waals surface area contributed by atoms with Crippen LogP contribution in [-0.4, -0.2) is 0 Å². The summed E-state index contributed by atoms with van der Waals surface area (Å²) in [5.41, 5.74) is 2.96. The topological polar surface area (TPSA) is 23.8 Å². The molecule has 0 saturated heterocycles. The fourth-order valence-corrected chi connectivity index (χ4v) is 1.49. The van der Waals surface area contributed by atoms with Gasteiger partial charge < -0.3 is 0 Å². The molecule has 0 aliphatic rings. The number of hydrogen-bond acceptors (Lipinski definition) is 1. The molecule has 0 heterocycles. The van der Waals surface area contributed by atoms with Crippen molar-refractivity contribution in [3.8, 4) is 6.07 Å². The zero-order chi connectivity index (χ0) is 10.6. The molecule has 1 heteroatoms. The number of hydrogen-bond donors (Lipinski definition) is 0. The van der Waals surface area contributed by atoms with E-state index in [1.165, 1.54) is 5.56 Å². The van der Waals surface area contributed by atoms with Crippen LogP contribution in [-0.2, 0) is 6.42 Å². The predicted octanol–water partition coefficient (Wildman–Crippen LogP) is 3.40. The third-order valence-electron chi connectivity index (χ3n) is 2.02. The van der Waals surface area contributed by atoms with E-state index in [4.69, 9.17) is 5.26 Å². The normalized spacial score (nSPS) is 9.86. The molecule has 72 valence electrons. The maximum Gasteiger partial charge on any atom is 0.0991 e. The molecule has 0 saturated carbocycles. The minimum absolute atomic E-state index is 0.613. The van der Waals surface area contributed by atoms with E-state index in [2.05, 4.69) is 32.6 Å². The van der Waals surface area contributed by atoms with Crippen molar-refractivity contribution < 1.29 is 0 Å². The summed E-state index contributed by atoms with van der Waals surface area (Å²) in [6.45, 7) is 8.06. The van der Waals surface area contributed by atoms with Gasteiger partial charge in [-0.25, -0.2) is 0 Å². The summed E-state index contributed by atoms with van der Waals surface area (Å²) in [4.78, 5) is 0. The van der Waals surface area contributed by atoms with Crippen LogP contribution in [0.4, 0.5) is 0 Å². The number of benzene rings is 1. The summed E-state index contributed by atoms with van der Waals surface area (Å²) in [5.74, 6) is 0.613. The molecule has 0 aliphatic heterocycles. The van der Waals surface area contributed by atoms with E-state index in [0.29, 0.717) is 5.92 Å². The molecule has 0 N–H and O–H groups in total. The quantitative estimate of drug-likeness (QED) is 0.708. The van der Waals surface area contributed by atoms with Crippen LogP contribution in [0.3, 0.4) is 0 Å². The molecule has 1 nitrogen and oxygen atoms in total. The minimum Gasteiger partial charge on any atom is -0.192 e. The van der Waals surface area contributed by atoms with E-state index >= 15 is 0 Å². The van der Waals surface area contributed by atoms with Gasteiger partial charge in [0, 0.05) is 0 Å². The largest absolute Gasteiger partial charge is 0.192 e. The second-order valence-corrected chi connectivity index (χ2v) is 3.88. The average Bonchev–Trinajstić information content (AvgIpc) is 2.16. The Hall–Kier alpha value is -1.55. The molecule has 1 aromatic rings. The number of nitrogens with zero attached hydrogens (tertiary/aromatic N) is 1. The van der Waals surface area contributed by atoms with E-state index in [0.717, 1.165) is 17.5 Å². The highest BCUT2D eigenvalue weighted by molar-refractivity contribution is 5.52. The van der Waals surface area contributed by atoms with Gasteiger partial charge in [-0.15, -0.1) is 0 Å². The van der Waals surface area contributed by atoms with Crippen molar-refractivity contribution in [2.45, 2.75) is 20.3 Å². The van der Waals surface area contributed by atoms with Gasteiger partial charge in [-0.3, -0.25) is 0 Å². The van der Waals surface area contributed by atoms with E-state index in [-0.39, 0.29) is 0 Å². The zero-order valence-electron chi connectivity index (χ0n) is 8.75. The Morgan fingerprint density at radius 3 is 2.64 bits per heavy atom. The highest BCUT2D eigenvalue weighted by atomic mass is 14.2. The van der Waals surface area contributed by atoms with Gasteiger partial charge in [0.05, 0.1) is 11.6 Å². The summed E-state index contributed by atoms with van der Waals surface area (Å²) < 4.78 is 0. The van der Waals surface area contributed by atoms with Gasteiger partial charge in [0.2, 0.25) is 0 Å². The van der Waals surface area contributed by atoms with E-state index in [9.17, 15) is 0 Å². The first-order chi connectivity index (χ1) is 6.65. The number of nitriles is 1. The third kappa shape index (κ3) is 2.74. The fourth-order valence-electron chi connectivity index (χ4n) is 1.49. The molecule has 0 aliphatic carbocycles. The lowest BCUT2D eigenvalue weighted by Crippen LogP contribution is -1.95. The highest BCUT2D eigenvalue weighted by Crippen LogP contribution is 2.14. The number of rotatable bonds is 3. The Balaban J connectivity index is 3.05. The second-order valence-electron chi connectivity index (χ2n) is 3.88. The zero-order valence-corrected chi connectivity index (χ0v) is 8.75. The van der Waals surface area contributed by atoms with Crippen LogP contribution in [0.2, 0.25) is 0 Å². The maximum absolute atomic E-state index is 8.83. The molecule has 0 spiro atoms. The molecule has 0 bridgehead atoms. The molecular formula is C13H15N. The smallest absolute Gasteiger partial charge is 0.0991 e. The van der Waals surface area contributed by atoms with E-state index in [1.54, 1.807) is 6.08 Å². The molecule has 0 atom stereocenters. The van der Waals surface area contributed by atoms with Crippen molar-refractivity contribution in [2.24, 2.45) is 5.92 Å². The molecule has 0 aromatic heterocycles. The molecule has 0 fully saturated rings. The monoisotopic (exact) mass is 185 g/mol. The lowest BCUT2D eigenvalue weighted by Gasteiger charge is -2.06. The summed E-state index contributed by atoms with van der Waals surface area (Å²) in [7, 11) is 0. The van der Waals surface area contributed by atoms with Crippen LogP contribution >= 0.6 is 0 Å².